The summed E-state index contributed by atoms with van der Waals surface area (Å²) in [5.74, 6) is 2.43. The van der Waals surface area contributed by atoms with Gasteiger partial charge in [-0.25, -0.2) is 0 Å². The molecule has 0 fully saturated rings. The first-order chi connectivity index (χ1) is 26.3. The molecule has 54 heavy (non-hydrogen) atoms. The van der Waals surface area contributed by atoms with E-state index in [-0.39, 0.29) is 42.1 Å². The molecule has 2 amide bonds. The molecule has 0 saturated carbocycles. The minimum atomic E-state index is -0.492. The van der Waals surface area contributed by atoms with Crippen molar-refractivity contribution in [1.29, 1.82) is 0 Å². The van der Waals surface area contributed by atoms with Crippen molar-refractivity contribution in [2.75, 3.05) is 32.0 Å². The summed E-state index contributed by atoms with van der Waals surface area (Å²) >= 11 is 0. The molecule has 274 valence electrons. The molecule has 0 aliphatic heterocycles. The highest BCUT2D eigenvalue weighted by molar-refractivity contribution is 6.01. The number of ether oxygens (including phenoxy) is 3. The molecular formula is C36H33N11O7. The van der Waals surface area contributed by atoms with Crippen LogP contribution in [-0.2, 0) is 17.8 Å². The lowest BCUT2D eigenvalue weighted by molar-refractivity contribution is -0.115. The topological polar surface area (TPSA) is 230 Å². The number of rotatable bonds is 12. The summed E-state index contributed by atoms with van der Waals surface area (Å²) in [4.78, 5) is 53.1. The molecule has 0 atom stereocenters. The van der Waals surface area contributed by atoms with Crippen molar-refractivity contribution in [3.05, 3.63) is 125 Å². The number of nitrogens with zero attached hydrogens (tertiary/aromatic N) is 7. The maximum atomic E-state index is 12.3. The van der Waals surface area contributed by atoms with Gasteiger partial charge in [-0.1, -0.05) is 18.2 Å². The predicted octanol–water partition coefficient (Wildman–Crippen LogP) is 4.00. The van der Waals surface area contributed by atoms with Gasteiger partial charge in [-0.3, -0.25) is 45.2 Å². The van der Waals surface area contributed by atoms with Crippen LogP contribution in [0.4, 0.5) is 11.9 Å². The zero-order valence-electron chi connectivity index (χ0n) is 29.1. The summed E-state index contributed by atoms with van der Waals surface area (Å²) in [7, 11) is 4.57. The van der Waals surface area contributed by atoms with E-state index < -0.39 is 5.91 Å². The Kier molecular flexibility index (Phi) is 11.4. The van der Waals surface area contributed by atoms with Crippen LogP contribution in [0.3, 0.4) is 0 Å². The van der Waals surface area contributed by atoms with E-state index in [4.69, 9.17) is 18.6 Å². The molecule has 18 heteroatoms. The fourth-order valence-electron chi connectivity index (χ4n) is 4.97. The van der Waals surface area contributed by atoms with Crippen LogP contribution in [0.15, 0.2) is 107 Å². The smallest absolute Gasteiger partial charge is 0.293 e. The Morgan fingerprint density at radius 1 is 0.759 bits per heavy atom. The van der Waals surface area contributed by atoms with Crippen molar-refractivity contribution in [1.82, 2.24) is 44.9 Å². The van der Waals surface area contributed by atoms with Crippen molar-refractivity contribution < 1.29 is 28.2 Å². The Hall–Kier alpha value is -7.63. The first-order valence-corrected chi connectivity index (χ1v) is 16.2. The van der Waals surface area contributed by atoms with Gasteiger partial charge in [0, 0.05) is 24.7 Å². The van der Waals surface area contributed by atoms with Crippen LogP contribution in [0.5, 0.6) is 17.2 Å². The maximum Gasteiger partial charge on any atom is 0.293 e. The molecule has 6 aromatic heterocycles. The molecule has 18 nitrogen and oxygen atoms in total. The lowest BCUT2D eigenvalue weighted by Crippen LogP contribution is -2.18. The molecule has 0 bridgehead atoms. The van der Waals surface area contributed by atoms with Gasteiger partial charge in [-0.15, -0.1) is 10.2 Å². The molecule has 0 spiro atoms. The number of amides is 2. The number of methoxy groups -OCH3 is 3. The third kappa shape index (κ3) is 8.99. The van der Waals surface area contributed by atoms with Crippen LogP contribution < -0.4 is 30.4 Å². The lowest BCUT2D eigenvalue weighted by atomic mass is 10.1. The molecule has 7 rings (SSSR count). The van der Waals surface area contributed by atoms with Gasteiger partial charge in [0.2, 0.25) is 23.6 Å². The fourth-order valence-corrected chi connectivity index (χ4v) is 4.97. The third-order valence-electron chi connectivity index (χ3n) is 7.46. The normalized spacial score (nSPS) is 10.5. The molecule has 0 saturated heterocycles. The van der Waals surface area contributed by atoms with E-state index in [2.05, 4.69) is 51.0 Å². The predicted molar refractivity (Wildman–Crippen MR) is 194 cm³/mol. The largest absolute Gasteiger partial charge is 0.493 e. The number of carbonyl (C=O) groups is 2. The van der Waals surface area contributed by atoms with Crippen molar-refractivity contribution >= 4 is 23.7 Å². The van der Waals surface area contributed by atoms with Gasteiger partial charge in [0.15, 0.2) is 28.9 Å². The van der Waals surface area contributed by atoms with Gasteiger partial charge < -0.3 is 23.2 Å². The van der Waals surface area contributed by atoms with E-state index in [1.165, 1.54) is 38.0 Å². The van der Waals surface area contributed by atoms with Gasteiger partial charge in [-0.2, -0.15) is 9.97 Å². The second kappa shape index (κ2) is 17.1. The molecule has 7 aromatic rings. The van der Waals surface area contributed by atoms with E-state index in [1.807, 2.05) is 12.1 Å². The molecule has 0 aliphatic carbocycles. The number of hydrogen-bond acceptors (Lipinski definition) is 13. The van der Waals surface area contributed by atoms with Crippen LogP contribution in [0, 0.1) is 0 Å². The van der Waals surface area contributed by atoms with Crippen molar-refractivity contribution in [3.63, 3.8) is 0 Å². The summed E-state index contributed by atoms with van der Waals surface area (Å²) in [6, 6.07) is 22.3. The molecule has 6 heterocycles. The standard InChI is InChI=1S/C18H14N6O3.C18H19N5O4/c25-15-6-2-4-10-24(15)11-12-7-8-14(27-12)17(26)21-18-20-16(22-23-18)13-5-1-3-9-19-13;1-25-13-8-11(9-14(26-2)16(13)27-3)10-15(24)20-18-21-17(22-23-18)12-6-4-5-7-19-12/h1-10H,11H2,(H2,20,21,22,23,26);4-9H,10H2,1-3H3,(H2,20,21,22,23,24). The molecule has 0 unspecified atom stereocenters. The highest BCUT2D eigenvalue weighted by Gasteiger charge is 2.17. The van der Waals surface area contributed by atoms with Crippen molar-refractivity contribution in [3.8, 4) is 40.3 Å². The van der Waals surface area contributed by atoms with E-state index in [9.17, 15) is 14.4 Å². The van der Waals surface area contributed by atoms with E-state index in [0.29, 0.717) is 51.6 Å². The lowest BCUT2D eigenvalue weighted by Gasteiger charge is -2.13. The van der Waals surface area contributed by atoms with Crippen molar-refractivity contribution in [2.24, 2.45) is 0 Å². The minimum Gasteiger partial charge on any atom is -0.493 e. The zero-order chi connectivity index (χ0) is 37.9. The quantitative estimate of drug-likeness (QED) is 0.139. The van der Waals surface area contributed by atoms with Crippen LogP contribution in [-0.4, -0.2) is 78.0 Å². The first kappa shape index (κ1) is 36.2. The van der Waals surface area contributed by atoms with E-state index >= 15 is 0 Å². The Morgan fingerprint density at radius 3 is 1.93 bits per heavy atom. The number of H-pyrrole nitrogens is 2. The zero-order valence-corrected chi connectivity index (χ0v) is 29.1. The molecule has 4 N–H and O–H groups in total. The van der Waals surface area contributed by atoms with Crippen LogP contribution in [0.1, 0.15) is 21.9 Å². The monoisotopic (exact) mass is 731 g/mol. The van der Waals surface area contributed by atoms with Crippen LogP contribution in [0.25, 0.3) is 23.0 Å². The molecular weight excluding hydrogens is 698 g/mol. The number of furan rings is 1. The average Bonchev–Trinajstić information content (AvgIpc) is 3.98. The minimum absolute atomic E-state index is 0.0875. The SMILES string of the molecule is COc1cc(CC(=O)Nc2n[nH]c(-c3ccccn3)n2)cc(OC)c1OC.O=C(Nc1n[nH]c(-c2ccccn2)n1)c1ccc(Cn2ccccc2=O)o1. The van der Waals surface area contributed by atoms with E-state index in [0.717, 1.165) is 0 Å². The number of pyridine rings is 3. The molecule has 0 aliphatic rings. The number of anilines is 2. The Balaban J connectivity index is 0.000000184. The van der Waals surface area contributed by atoms with Gasteiger partial charge in [0.25, 0.3) is 11.5 Å². The maximum absolute atomic E-state index is 12.3. The highest BCUT2D eigenvalue weighted by atomic mass is 16.5. The van der Waals surface area contributed by atoms with Gasteiger partial charge >= 0.3 is 0 Å². The number of aromatic amines is 2. The Bertz CT molecular complexity index is 2360. The number of aromatic nitrogens is 9. The number of benzene rings is 1. The summed E-state index contributed by atoms with van der Waals surface area (Å²) in [5.41, 5.74) is 1.79. The second-order valence-corrected chi connectivity index (χ2v) is 11.1. The fraction of sp³-hybridized carbons (Fsp3) is 0.139. The molecule has 0 radical (unpaired) electrons. The summed E-state index contributed by atoms with van der Waals surface area (Å²) < 4.78 is 22.9. The number of hydrogen-bond donors (Lipinski definition) is 4. The Labute approximate surface area is 306 Å². The number of nitrogens with one attached hydrogen (secondary N) is 4. The van der Waals surface area contributed by atoms with Crippen molar-refractivity contribution in [2.45, 2.75) is 13.0 Å². The average molecular weight is 732 g/mol. The highest BCUT2D eigenvalue weighted by Crippen LogP contribution is 2.38. The second-order valence-electron chi connectivity index (χ2n) is 11.1. The summed E-state index contributed by atoms with van der Waals surface area (Å²) in [6.45, 7) is 0.234. The van der Waals surface area contributed by atoms with Gasteiger partial charge in [-0.05, 0) is 60.2 Å². The summed E-state index contributed by atoms with van der Waals surface area (Å²) in [5, 5.41) is 18.6. The molecule has 1 aromatic carbocycles. The van der Waals surface area contributed by atoms with E-state index in [1.54, 1.807) is 73.2 Å². The Morgan fingerprint density at radius 2 is 1.37 bits per heavy atom. The van der Waals surface area contributed by atoms with Gasteiger partial charge in [0.1, 0.15) is 17.1 Å². The number of carbonyl (C=O) groups excluding carboxylic acids is 2. The van der Waals surface area contributed by atoms with Crippen LogP contribution >= 0.6 is 0 Å². The van der Waals surface area contributed by atoms with Gasteiger partial charge in [0.05, 0.1) is 34.3 Å². The first-order valence-electron chi connectivity index (χ1n) is 16.2. The van der Waals surface area contributed by atoms with Crippen LogP contribution in [0.2, 0.25) is 0 Å². The summed E-state index contributed by atoms with van der Waals surface area (Å²) in [6.07, 6.45) is 5.03. The third-order valence-corrected chi connectivity index (χ3v) is 7.46.